The molecule has 62 valence electrons. The molecule has 0 radical (unpaired) electrons. The number of fused-ring (bicyclic) bond motifs is 1. The van der Waals surface area contributed by atoms with Crippen molar-refractivity contribution in [3.63, 3.8) is 0 Å². The topological polar surface area (TPSA) is 40.7 Å². The highest BCUT2D eigenvalue weighted by atomic mass is 35.5. The second-order valence-corrected chi connectivity index (χ2v) is 2.85. The lowest BCUT2D eigenvalue weighted by Gasteiger charge is -2.02. The van der Waals surface area contributed by atoms with Gasteiger partial charge in [0.05, 0.1) is 16.9 Å². The van der Waals surface area contributed by atoms with Gasteiger partial charge in [-0.15, -0.1) is 0 Å². The number of aromatic amines is 1. The smallest absolute Gasteiger partial charge is 0.138 e. The zero-order valence-corrected chi connectivity index (χ0v) is 7.31. The van der Waals surface area contributed by atoms with Crippen molar-refractivity contribution in [2.45, 2.75) is 0 Å². The van der Waals surface area contributed by atoms with Crippen molar-refractivity contribution in [1.82, 2.24) is 9.97 Å². The lowest BCUT2D eigenvalue weighted by Crippen LogP contribution is -1.90. The van der Waals surface area contributed by atoms with Crippen molar-refractivity contribution in [1.29, 1.82) is 0 Å². The quantitative estimate of drug-likeness (QED) is 0.709. The molecule has 0 atom stereocenters. The standard InChI is InChI=1S/C8H8ClN3/c1-10-6-4-12-8-5(7(6)9)2-3-11-8/h2-4,10H,1H3,(H,11,12). The molecular weight excluding hydrogens is 174 g/mol. The van der Waals surface area contributed by atoms with E-state index in [0.29, 0.717) is 5.02 Å². The Balaban J connectivity index is 2.78. The van der Waals surface area contributed by atoms with Gasteiger partial charge in [0.1, 0.15) is 5.65 Å². The van der Waals surface area contributed by atoms with E-state index >= 15 is 0 Å². The lowest BCUT2D eigenvalue weighted by atomic mass is 10.3. The van der Waals surface area contributed by atoms with Crippen LogP contribution in [0, 0.1) is 0 Å². The molecule has 2 aromatic heterocycles. The largest absolute Gasteiger partial charge is 0.386 e. The number of rotatable bonds is 1. The highest BCUT2D eigenvalue weighted by Gasteiger charge is 2.04. The Bertz CT molecular complexity index is 408. The molecular formula is C8H8ClN3. The molecule has 0 amide bonds. The minimum atomic E-state index is 0.712. The molecule has 0 fully saturated rings. The molecule has 2 heterocycles. The summed E-state index contributed by atoms with van der Waals surface area (Å²) < 4.78 is 0. The first kappa shape index (κ1) is 7.43. The second kappa shape index (κ2) is 2.68. The van der Waals surface area contributed by atoms with E-state index in [9.17, 15) is 0 Å². The molecule has 2 rings (SSSR count). The third-order valence-electron chi connectivity index (χ3n) is 1.79. The van der Waals surface area contributed by atoms with E-state index in [1.165, 1.54) is 0 Å². The first-order chi connectivity index (χ1) is 5.83. The first-order valence-corrected chi connectivity index (χ1v) is 4.00. The number of hydrogen-bond acceptors (Lipinski definition) is 2. The Morgan fingerprint density at radius 1 is 1.58 bits per heavy atom. The van der Waals surface area contributed by atoms with Gasteiger partial charge in [0, 0.05) is 18.6 Å². The maximum atomic E-state index is 6.06. The van der Waals surface area contributed by atoms with Gasteiger partial charge in [-0.3, -0.25) is 0 Å². The molecule has 0 aromatic carbocycles. The molecule has 0 saturated carbocycles. The number of halogens is 1. The van der Waals surface area contributed by atoms with Gasteiger partial charge in [0.2, 0.25) is 0 Å². The molecule has 0 aliphatic rings. The molecule has 0 spiro atoms. The van der Waals surface area contributed by atoms with Crippen LogP contribution in [-0.2, 0) is 0 Å². The summed E-state index contributed by atoms with van der Waals surface area (Å²) in [4.78, 5) is 7.16. The summed E-state index contributed by atoms with van der Waals surface area (Å²) in [7, 11) is 1.82. The summed E-state index contributed by atoms with van der Waals surface area (Å²) >= 11 is 6.06. The summed E-state index contributed by atoms with van der Waals surface area (Å²) in [6, 6.07) is 1.91. The fourth-order valence-corrected chi connectivity index (χ4v) is 1.45. The molecule has 0 aliphatic carbocycles. The van der Waals surface area contributed by atoms with Crippen molar-refractivity contribution in [2.24, 2.45) is 0 Å². The van der Waals surface area contributed by atoms with Crippen LogP contribution in [0.1, 0.15) is 0 Å². The molecule has 2 N–H and O–H groups in total. The Morgan fingerprint density at radius 3 is 3.17 bits per heavy atom. The minimum Gasteiger partial charge on any atom is -0.386 e. The van der Waals surface area contributed by atoms with Crippen LogP contribution in [0.25, 0.3) is 11.0 Å². The van der Waals surface area contributed by atoms with Gasteiger partial charge in [0.15, 0.2) is 0 Å². The highest BCUT2D eigenvalue weighted by Crippen LogP contribution is 2.27. The van der Waals surface area contributed by atoms with Crippen LogP contribution in [0.3, 0.4) is 0 Å². The van der Waals surface area contributed by atoms with Crippen LogP contribution >= 0.6 is 11.6 Å². The monoisotopic (exact) mass is 181 g/mol. The third kappa shape index (κ3) is 0.940. The van der Waals surface area contributed by atoms with E-state index in [1.807, 2.05) is 19.3 Å². The zero-order valence-electron chi connectivity index (χ0n) is 6.56. The lowest BCUT2D eigenvalue weighted by molar-refractivity contribution is 1.31. The van der Waals surface area contributed by atoms with Crippen LogP contribution in [0.4, 0.5) is 5.69 Å². The van der Waals surface area contributed by atoms with Gasteiger partial charge in [0.25, 0.3) is 0 Å². The average Bonchev–Trinajstić information content (AvgIpc) is 2.53. The molecule has 2 aromatic rings. The number of aromatic nitrogens is 2. The molecule has 3 nitrogen and oxygen atoms in total. The molecule has 12 heavy (non-hydrogen) atoms. The van der Waals surface area contributed by atoms with Gasteiger partial charge in [-0.1, -0.05) is 11.6 Å². The fraction of sp³-hybridized carbons (Fsp3) is 0.125. The normalized spacial score (nSPS) is 10.5. The Kier molecular flexibility index (Phi) is 1.66. The van der Waals surface area contributed by atoms with Gasteiger partial charge in [-0.2, -0.15) is 0 Å². The van der Waals surface area contributed by atoms with E-state index in [-0.39, 0.29) is 0 Å². The SMILES string of the molecule is CNc1cnc2[nH]ccc2c1Cl. The van der Waals surface area contributed by atoms with Crippen molar-refractivity contribution in [3.8, 4) is 0 Å². The number of nitrogens with zero attached hydrogens (tertiary/aromatic N) is 1. The third-order valence-corrected chi connectivity index (χ3v) is 2.20. The summed E-state index contributed by atoms with van der Waals surface area (Å²) in [5.74, 6) is 0. The summed E-state index contributed by atoms with van der Waals surface area (Å²) in [6.07, 6.45) is 3.53. The Morgan fingerprint density at radius 2 is 2.42 bits per heavy atom. The van der Waals surface area contributed by atoms with Crippen molar-refractivity contribution in [3.05, 3.63) is 23.5 Å². The zero-order chi connectivity index (χ0) is 8.55. The number of nitrogens with one attached hydrogen (secondary N) is 2. The number of anilines is 1. The molecule has 0 unspecified atom stereocenters. The van der Waals surface area contributed by atoms with E-state index in [1.54, 1.807) is 6.20 Å². The van der Waals surface area contributed by atoms with Crippen molar-refractivity contribution < 1.29 is 0 Å². The van der Waals surface area contributed by atoms with Gasteiger partial charge in [-0.05, 0) is 6.07 Å². The predicted molar refractivity (Wildman–Crippen MR) is 50.7 cm³/mol. The van der Waals surface area contributed by atoms with Crippen LogP contribution in [-0.4, -0.2) is 17.0 Å². The van der Waals surface area contributed by atoms with Gasteiger partial charge in [-0.25, -0.2) is 4.98 Å². The minimum absolute atomic E-state index is 0.712. The predicted octanol–water partition coefficient (Wildman–Crippen LogP) is 2.26. The maximum Gasteiger partial charge on any atom is 0.138 e. The average molecular weight is 182 g/mol. The summed E-state index contributed by atoms with van der Waals surface area (Å²) in [5.41, 5.74) is 1.67. The van der Waals surface area contributed by atoms with Crippen LogP contribution in [0.2, 0.25) is 5.02 Å². The second-order valence-electron chi connectivity index (χ2n) is 2.48. The fourth-order valence-electron chi connectivity index (χ4n) is 1.15. The Labute approximate surface area is 74.8 Å². The van der Waals surface area contributed by atoms with Crippen LogP contribution in [0.5, 0.6) is 0 Å². The number of hydrogen-bond donors (Lipinski definition) is 2. The molecule has 4 heteroatoms. The summed E-state index contributed by atoms with van der Waals surface area (Å²) in [5, 5.41) is 4.63. The van der Waals surface area contributed by atoms with E-state index in [0.717, 1.165) is 16.7 Å². The first-order valence-electron chi connectivity index (χ1n) is 3.62. The summed E-state index contributed by atoms with van der Waals surface area (Å²) in [6.45, 7) is 0. The molecule has 0 aliphatic heterocycles. The highest BCUT2D eigenvalue weighted by molar-refractivity contribution is 6.37. The maximum absolute atomic E-state index is 6.06. The van der Waals surface area contributed by atoms with Crippen molar-refractivity contribution in [2.75, 3.05) is 12.4 Å². The van der Waals surface area contributed by atoms with E-state index in [4.69, 9.17) is 11.6 Å². The van der Waals surface area contributed by atoms with Gasteiger partial charge < -0.3 is 10.3 Å². The van der Waals surface area contributed by atoms with E-state index in [2.05, 4.69) is 15.3 Å². The van der Waals surface area contributed by atoms with Crippen molar-refractivity contribution >= 4 is 28.3 Å². The van der Waals surface area contributed by atoms with E-state index < -0.39 is 0 Å². The number of pyridine rings is 1. The molecule has 0 bridgehead atoms. The number of H-pyrrole nitrogens is 1. The Hall–Kier alpha value is -1.22. The van der Waals surface area contributed by atoms with Crippen LogP contribution < -0.4 is 5.32 Å². The molecule has 0 saturated heterocycles. The van der Waals surface area contributed by atoms with Gasteiger partial charge >= 0.3 is 0 Å². The van der Waals surface area contributed by atoms with Crippen LogP contribution in [0.15, 0.2) is 18.5 Å².